The van der Waals surface area contributed by atoms with Crippen molar-refractivity contribution in [2.45, 2.75) is 6.92 Å². The third kappa shape index (κ3) is 2.38. The molecule has 0 fully saturated rings. The van der Waals surface area contributed by atoms with E-state index in [0.717, 1.165) is 11.3 Å². The molecule has 0 unspecified atom stereocenters. The summed E-state index contributed by atoms with van der Waals surface area (Å²) in [6.07, 6.45) is 1.68. The number of nitrogens with zero attached hydrogens (tertiary/aromatic N) is 3. The van der Waals surface area contributed by atoms with E-state index in [4.69, 9.17) is 5.84 Å². The lowest BCUT2D eigenvalue weighted by atomic mass is 10.2. The molecule has 0 spiro atoms. The third-order valence-electron chi connectivity index (χ3n) is 2.61. The lowest BCUT2D eigenvalue weighted by molar-refractivity contribution is 0.628. The molecule has 1 aromatic carbocycles. The standard InChI is InChI=1S/C12H14FN5/c1-8-7-15-12(17-14)16-11(8)18(2)10-5-3-9(13)4-6-10/h3-7H,14H2,1-2H3,(H,15,16,17). The minimum Gasteiger partial charge on any atom is -0.329 e. The molecular formula is C12H14FN5. The van der Waals surface area contributed by atoms with E-state index in [9.17, 15) is 4.39 Å². The first-order chi connectivity index (χ1) is 8.61. The largest absolute Gasteiger partial charge is 0.329 e. The predicted molar refractivity (Wildman–Crippen MR) is 69.0 cm³/mol. The fraction of sp³-hybridized carbons (Fsp3) is 0.167. The fourth-order valence-electron chi connectivity index (χ4n) is 1.63. The van der Waals surface area contributed by atoms with E-state index < -0.39 is 0 Å². The molecule has 0 aliphatic heterocycles. The molecule has 3 N–H and O–H groups in total. The summed E-state index contributed by atoms with van der Waals surface area (Å²) in [7, 11) is 1.85. The van der Waals surface area contributed by atoms with Gasteiger partial charge < -0.3 is 4.90 Å². The van der Waals surface area contributed by atoms with Gasteiger partial charge in [-0.15, -0.1) is 0 Å². The predicted octanol–water partition coefficient (Wildman–Crippen LogP) is 1.98. The van der Waals surface area contributed by atoms with E-state index >= 15 is 0 Å². The maximum absolute atomic E-state index is 12.9. The lowest BCUT2D eigenvalue weighted by Gasteiger charge is -2.20. The molecular weight excluding hydrogens is 233 g/mol. The summed E-state index contributed by atoms with van der Waals surface area (Å²) in [5, 5.41) is 0. The van der Waals surface area contributed by atoms with E-state index in [1.165, 1.54) is 12.1 Å². The van der Waals surface area contributed by atoms with Crippen LogP contribution in [0, 0.1) is 12.7 Å². The van der Waals surface area contributed by atoms with E-state index in [2.05, 4.69) is 15.4 Å². The van der Waals surface area contributed by atoms with Crippen LogP contribution < -0.4 is 16.2 Å². The number of halogens is 1. The molecule has 0 saturated heterocycles. The first-order valence-corrected chi connectivity index (χ1v) is 5.41. The number of aryl methyl sites for hydroxylation is 1. The third-order valence-corrected chi connectivity index (χ3v) is 2.61. The van der Waals surface area contributed by atoms with Crippen LogP contribution in [-0.4, -0.2) is 17.0 Å². The Morgan fingerprint density at radius 3 is 2.56 bits per heavy atom. The van der Waals surface area contributed by atoms with Crippen LogP contribution in [-0.2, 0) is 0 Å². The maximum Gasteiger partial charge on any atom is 0.239 e. The van der Waals surface area contributed by atoms with Crippen molar-refractivity contribution in [3.63, 3.8) is 0 Å². The number of nitrogen functional groups attached to an aromatic ring is 1. The normalized spacial score (nSPS) is 10.2. The zero-order chi connectivity index (χ0) is 13.1. The molecule has 2 rings (SSSR count). The Morgan fingerprint density at radius 2 is 1.94 bits per heavy atom. The van der Waals surface area contributed by atoms with Crippen LogP contribution >= 0.6 is 0 Å². The van der Waals surface area contributed by atoms with Crippen LogP contribution in [0.5, 0.6) is 0 Å². The molecule has 18 heavy (non-hydrogen) atoms. The molecule has 0 aliphatic rings. The number of hydrogen-bond acceptors (Lipinski definition) is 5. The number of hydrazine groups is 1. The average molecular weight is 247 g/mol. The molecule has 0 bridgehead atoms. The Kier molecular flexibility index (Phi) is 3.38. The minimum atomic E-state index is -0.268. The monoisotopic (exact) mass is 247 g/mol. The first-order valence-electron chi connectivity index (χ1n) is 5.41. The summed E-state index contributed by atoms with van der Waals surface area (Å²) >= 11 is 0. The van der Waals surface area contributed by atoms with Crippen molar-refractivity contribution in [3.8, 4) is 0 Å². The Hall–Kier alpha value is -2.21. The van der Waals surface area contributed by atoms with Gasteiger partial charge in [0, 0.05) is 24.5 Å². The smallest absolute Gasteiger partial charge is 0.239 e. The summed E-state index contributed by atoms with van der Waals surface area (Å²) in [5.74, 6) is 6.07. The molecule has 0 radical (unpaired) electrons. The second kappa shape index (κ2) is 4.97. The van der Waals surface area contributed by atoms with Gasteiger partial charge in [0.1, 0.15) is 11.6 Å². The summed E-state index contributed by atoms with van der Waals surface area (Å²) in [4.78, 5) is 10.1. The van der Waals surface area contributed by atoms with Crippen molar-refractivity contribution in [1.82, 2.24) is 9.97 Å². The van der Waals surface area contributed by atoms with Crippen molar-refractivity contribution in [1.29, 1.82) is 0 Å². The number of hydrogen-bond donors (Lipinski definition) is 2. The zero-order valence-corrected chi connectivity index (χ0v) is 10.2. The van der Waals surface area contributed by atoms with Crippen molar-refractivity contribution in [3.05, 3.63) is 41.8 Å². The molecule has 6 heteroatoms. The molecule has 94 valence electrons. The van der Waals surface area contributed by atoms with Gasteiger partial charge in [-0.2, -0.15) is 4.98 Å². The Balaban J connectivity index is 2.38. The van der Waals surface area contributed by atoms with Crippen molar-refractivity contribution in [2.24, 2.45) is 5.84 Å². The van der Waals surface area contributed by atoms with Gasteiger partial charge in [0.15, 0.2) is 0 Å². The minimum absolute atomic E-state index is 0.268. The summed E-state index contributed by atoms with van der Waals surface area (Å²) in [5.41, 5.74) is 4.14. The highest BCUT2D eigenvalue weighted by molar-refractivity contribution is 5.62. The molecule has 0 amide bonds. The van der Waals surface area contributed by atoms with Crippen LogP contribution in [0.25, 0.3) is 0 Å². The van der Waals surface area contributed by atoms with E-state index in [1.807, 2.05) is 18.9 Å². The van der Waals surface area contributed by atoms with Crippen LogP contribution in [0.1, 0.15) is 5.56 Å². The second-order valence-corrected chi connectivity index (χ2v) is 3.88. The molecule has 2 aromatic rings. The van der Waals surface area contributed by atoms with E-state index in [0.29, 0.717) is 11.8 Å². The van der Waals surface area contributed by atoms with Gasteiger partial charge in [0.05, 0.1) is 0 Å². The molecule has 1 aromatic heterocycles. The summed E-state index contributed by atoms with van der Waals surface area (Å²) in [6, 6.07) is 6.19. The lowest BCUT2D eigenvalue weighted by Crippen LogP contribution is -2.16. The number of anilines is 3. The Labute approximate surface area is 104 Å². The quantitative estimate of drug-likeness (QED) is 0.641. The van der Waals surface area contributed by atoms with Crippen LogP contribution in [0.2, 0.25) is 0 Å². The molecule has 0 atom stereocenters. The van der Waals surface area contributed by atoms with Crippen molar-refractivity contribution in [2.75, 3.05) is 17.4 Å². The number of nitrogens with one attached hydrogen (secondary N) is 1. The SMILES string of the molecule is Cc1cnc(NN)nc1N(C)c1ccc(F)cc1. The molecule has 1 heterocycles. The second-order valence-electron chi connectivity index (χ2n) is 3.88. The van der Waals surface area contributed by atoms with Crippen LogP contribution in [0.3, 0.4) is 0 Å². The van der Waals surface area contributed by atoms with Crippen molar-refractivity contribution < 1.29 is 4.39 Å². The number of benzene rings is 1. The highest BCUT2D eigenvalue weighted by Crippen LogP contribution is 2.25. The van der Waals surface area contributed by atoms with Gasteiger partial charge in [-0.05, 0) is 31.2 Å². The highest BCUT2D eigenvalue weighted by atomic mass is 19.1. The van der Waals surface area contributed by atoms with Gasteiger partial charge in [-0.3, -0.25) is 5.43 Å². The zero-order valence-electron chi connectivity index (χ0n) is 10.2. The topological polar surface area (TPSA) is 67.1 Å². The van der Waals surface area contributed by atoms with Crippen molar-refractivity contribution >= 4 is 17.5 Å². The van der Waals surface area contributed by atoms with E-state index in [1.54, 1.807) is 18.3 Å². The first kappa shape index (κ1) is 12.3. The van der Waals surface area contributed by atoms with Gasteiger partial charge in [0.2, 0.25) is 5.95 Å². The van der Waals surface area contributed by atoms with Gasteiger partial charge in [-0.25, -0.2) is 15.2 Å². The van der Waals surface area contributed by atoms with Gasteiger partial charge >= 0.3 is 0 Å². The highest BCUT2D eigenvalue weighted by Gasteiger charge is 2.10. The summed E-state index contributed by atoms with van der Waals surface area (Å²) < 4.78 is 12.9. The fourth-order valence-corrected chi connectivity index (χ4v) is 1.63. The summed E-state index contributed by atoms with van der Waals surface area (Å²) in [6.45, 7) is 1.90. The number of rotatable bonds is 3. The number of aromatic nitrogens is 2. The maximum atomic E-state index is 12.9. The van der Waals surface area contributed by atoms with E-state index in [-0.39, 0.29) is 5.82 Å². The average Bonchev–Trinajstić information content (AvgIpc) is 2.39. The molecule has 0 saturated carbocycles. The van der Waals surface area contributed by atoms with Crippen LogP contribution in [0.15, 0.2) is 30.5 Å². The van der Waals surface area contributed by atoms with Gasteiger partial charge in [-0.1, -0.05) is 0 Å². The Bertz CT molecular complexity index is 541. The Morgan fingerprint density at radius 1 is 1.28 bits per heavy atom. The van der Waals surface area contributed by atoms with Gasteiger partial charge in [0.25, 0.3) is 0 Å². The molecule has 0 aliphatic carbocycles. The van der Waals surface area contributed by atoms with Crippen LogP contribution in [0.4, 0.5) is 21.8 Å². The number of nitrogens with two attached hydrogens (primary N) is 1. The molecule has 5 nitrogen and oxygen atoms in total.